The van der Waals surface area contributed by atoms with Crippen molar-refractivity contribution in [3.8, 4) is 0 Å². The van der Waals surface area contributed by atoms with E-state index in [1.807, 2.05) is 56.3 Å². The lowest BCUT2D eigenvalue weighted by molar-refractivity contribution is 0.0694. The number of nitrogens with one attached hydrogen (secondary N) is 1. The molecule has 0 fully saturated rings. The van der Waals surface area contributed by atoms with Gasteiger partial charge in [0.25, 0.3) is 0 Å². The fraction of sp³-hybridized carbons (Fsp3) is 0.261. The molecule has 3 rings (SSSR count). The predicted octanol–water partition coefficient (Wildman–Crippen LogP) is 5.36. The Hall–Kier alpha value is -2.56. The lowest BCUT2D eigenvalue weighted by atomic mass is 10.1. The zero-order valence-corrected chi connectivity index (χ0v) is 17.1. The highest BCUT2D eigenvalue weighted by atomic mass is 35.5. The van der Waals surface area contributed by atoms with Crippen LogP contribution in [-0.2, 0) is 13.1 Å². The van der Waals surface area contributed by atoms with E-state index in [2.05, 4.69) is 28.9 Å². The van der Waals surface area contributed by atoms with E-state index in [1.54, 1.807) is 0 Å². The van der Waals surface area contributed by atoms with E-state index in [0.29, 0.717) is 23.7 Å². The Kier molecular flexibility index (Phi) is 6.22. The molecule has 0 radical (unpaired) electrons. The van der Waals surface area contributed by atoms with Gasteiger partial charge in [-0.15, -0.1) is 0 Å². The van der Waals surface area contributed by atoms with Gasteiger partial charge in [0.15, 0.2) is 0 Å². The summed E-state index contributed by atoms with van der Waals surface area (Å²) in [5, 5.41) is 14.0. The molecule has 0 saturated carbocycles. The molecule has 0 aliphatic carbocycles. The number of carboxylic acids is 1. The summed E-state index contributed by atoms with van der Waals surface area (Å²) in [4.78, 5) is 12.0. The molecule has 0 aliphatic heterocycles. The van der Waals surface area contributed by atoms with Crippen LogP contribution in [0.15, 0.2) is 54.6 Å². The second-order valence-corrected chi connectivity index (χ2v) is 7.49. The minimum absolute atomic E-state index is 0.127. The molecule has 0 unspecified atom stereocenters. The molecular weight excluding hydrogens is 372 g/mol. The molecule has 5 heteroatoms. The first kappa shape index (κ1) is 20.2. The van der Waals surface area contributed by atoms with Gasteiger partial charge in [-0.3, -0.25) is 0 Å². The van der Waals surface area contributed by atoms with E-state index in [-0.39, 0.29) is 6.04 Å². The van der Waals surface area contributed by atoms with Crippen LogP contribution in [0.25, 0.3) is 0 Å². The third kappa shape index (κ3) is 4.29. The highest BCUT2D eigenvalue weighted by Gasteiger charge is 2.23. The number of carbonyl (C=O) groups is 1. The van der Waals surface area contributed by atoms with Crippen molar-refractivity contribution in [2.24, 2.45) is 0 Å². The number of nitrogens with zero attached hydrogens (tertiary/aromatic N) is 1. The maximum atomic E-state index is 12.0. The number of aromatic carboxylic acids is 1. The number of halogens is 1. The predicted molar refractivity (Wildman–Crippen MR) is 113 cm³/mol. The molecule has 0 saturated heterocycles. The molecule has 28 heavy (non-hydrogen) atoms. The highest BCUT2D eigenvalue weighted by Crippen LogP contribution is 2.25. The van der Waals surface area contributed by atoms with Crippen molar-refractivity contribution < 1.29 is 9.90 Å². The normalized spacial score (nSPS) is 12.1. The summed E-state index contributed by atoms with van der Waals surface area (Å²) in [7, 11) is 0. The molecule has 2 N–H and O–H groups in total. The molecule has 0 spiro atoms. The Morgan fingerprint density at radius 3 is 2.32 bits per heavy atom. The third-order valence-corrected chi connectivity index (χ3v) is 5.51. The molecule has 146 valence electrons. The summed E-state index contributed by atoms with van der Waals surface area (Å²) in [6.45, 7) is 7.06. The largest absolute Gasteiger partial charge is 0.478 e. The van der Waals surface area contributed by atoms with Crippen molar-refractivity contribution in [1.29, 1.82) is 0 Å². The smallest absolute Gasteiger partial charge is 0.337 e. The monoisotopic (exact) mass is 396 g/mol. The van der Waals surface area contributed by atoms with Crippen LogP contribution in [0, 0.1) is 13.8 Å². The van der Waals surface area contributed by atoms with Crippen LogP contribution >= 0.6 is 11.6 Å². The summed E-state index contributed by atoms with van der Waals surface area (Å²) in [6.07, 6.45) is 0. The van der Waals surface area contributed by atoms with Gasteiger partial charge in [-0.2, -0.15) is 0 Å². The lowest BCUT2D eigenvalue weighted by Gasteiger charge is -2.15. The zero-order valence-electron chi connectivity index (χ0n) is 16.4. The van der Waals surface area contributed by atoms with Gasteiger partial charge in [-0.05, 0) is 44.0 Å². The Morgan fingerprint density at radius 1 is 1.07 bits per heavy atom. The summed E-state index contributed by atoms with van der Waals surface area (Å²) in [5.74, 6) is -0.889. The first-order valence-electron chi connectivity index (χ1n) is 9.33. The molecule has 1 atom stereocenters. The minimum Gasteiger partial charge on any atom is -0.478 e. The van der Waals surface area contributed by atoms with Gasteiger partial charge >= 0.3 is 5.97 Å². The van der Waals surface area contributed by atoms with Gasteiger partial charge in [-0.25, -0.2) is 4.79 Å². The Balaban J connectivity index is 1.87. The van der Waals surface area contributed by atoms with Crippen LogP contribution in [0.4, 0.5) is 0 Å². The third-order valence-electron chi connectivity index (χ3n) is 5.26. The van der Waals surface area contributed by atoms with E-state index in [9.17, 15) is 9.90 Å². The van der Waals surface area contributed by atoms with Crippen molar-refractivity contribution in [3.63, 3.8) is 0 Å². The van der Waals surface area contributed by atoms with E-state index >= 15 is 0 Å². The van der Waals surface area contributed by atoms with Gasteiger partial charge in [0, 0.05) is 41.1 Å². The van der Waals surface area contributed by atoms with Gasteiger partial charge < -0.3 is 15.0 Å². The van der Waals surface area contributed by atoms with Crippen molar-refractivity contribution >= 4 is 17.6 Å². The summed E-state index contributed by atoms with van der Waals surface area (Å²) >= 11 is 5.98. The standard InChI is InChI=1S/C23H25ClN2O2/c1-15(19-7-5-4-6-8-19)25-13-21-16(2)26(17(3)22(21)23(27)28)14-18-9-11-20(24)12-10-18/h4-12,15,25H,13-14H2,1-3H3,(H,27,28)/t15-/m1/s1. The van der Waals surface area contributed by atoms with E-state index < -0.39 is 5.97 Å². The maximum absolute atomic E-state index is 12.0. The number of aromatic nitrogens is 1. The van der Waals surface area contributed by atoms with Gasteiger partial charge in [0.05, 0.1) is 5.56 Å². The number of hydrogen-bond acceptors (Lipinski definition) is 2. The fourth-order valence-corrected chi connectivity index (χ4v) is 3.70. The fourth-order valence-electron chi connectivity index (χ4n) is 3.57. The van der Waals surface area contributed by atoms with Gasteiger partial charge in [0.2, 0.25) is 0 Å². The Bertz CT molecular complexity index is 963. The SMILES string of the molecule is Cc1c(CN[C@H](C)c2ccccc2)c(C(=O)O)c(C)n1Cc1ccc(Cl)cc1. The topological polar surface area (TPSA) is 54.3 Å². The number of rotatable bonds is 7. The highest BCUT2D eigenvalue weighted by molar-refractivity contribution is 6.30. The van der Waals surface area contributed by atoms with Crippen molar-refractivity contribution in [3.05, 3.63) is 93.3 Å². The second kappa shape index (κ2) is 8.63. The first-order valence-corrected chi connectivity index (χ1v) is 9.71. The van der Waals surface area contributed by atoms with E-state index in [0.717, 1.165) is 22.5 Å². The minimum atomic E-state index is -0.889. The van der Waals surface area contributed by atoms with Gasteiger partial charge in [-0.1, -0.05) is 54.1 Å². The molecule has 0 aliphatic rings. The van der Waals surface area contributed by atoms with Crippen molar-refractivity contribution in [1.82, 2.24) is 9.88 Å². The molecule has 3 aromatic rings. The zero-order chi connectivity index (χ0) is 20.3. The molecule has 0 amide bonds. The average molecular weight is 397 g/mol. The summed E-state index contributed by atoms with van der Waals surface area (Å²) < 4.78 is 2.07. The number of benzene rings is 2. The van der Waals surface area contributed by atoms with Crippen LogP contribution < -0.4 is 5.32 Å². The molecule has 4 nitrogen and oxygen atoms in total. The lowest BCUT2D eigenvalue weighted by Crippen LogP contribution is -2.19. The second-order valence-electron chi connectivity index (χ2n) is 7.06. The average Bonchev–Trinajstić information content (AvgIpc) is 2.92. The van der Waals surface area contributed by atoms with Gasteiger partial charge in [0.1, 0.15) is 0 Å². The number of carboxylic acid groups (broad SMARTS) is 1. The quantitative estimate of drug-likeness (QED) is 0.565. The van der Waals surface area contributed by atoms with Crippen LogP contribution in [0.3, 0.4) is 0 Å². The van der Waals surface area contributed by atoms with Crippen molar-refractivity contribution in [2.45, 2.75) is 39.9 Å². The molecule has 1 aromatic heterocycles. The molecular formula is C23H25ClN2O2. The summed E-state index contributed by atoms with van der Waals surface area (Å²) in [5.41, 5.74) is 5.22. The van der Waals surface area contributed by atoms with Crippen LogP contribution in [0.2, 0.25) is 5.02 Å². The first-order chi connectivity index (χ1) is 13.4. The Morgan fingerprint density at radius 2 is 1.71 bits per heavy atom. The molecule has 2 aromatic carbocycles. The molecule has 0 bridgehead atoms. The molecule has 1 heterocycles. The summed E-state index contributed by atoms with van der Waals surface area (Å²) in [6, 6.07) is 17.9. The van der Waals surface area contributed by atoms with E-state index in [4.69, 9.17) is 11.6 Å². The van der Waals surface area contributed by atoms with Crippen LogP contribution in [0.1, 0.15) is 51.4 Å². The van der Waals surface area contributed by atoms with Crippen molar-refractivity contribution in [2.75, 3.05) is 0 Å². The maximum Gasteiger partial charge on any atom is 0.337 e. The Labute approximate surface area is 170 Å². The number of hydrogen-bond donors (Lipinski definition) is 2. The van der Waals surface area contributed by atoms with Crippen LogP contribution in [0.5, 0.6) is 0 Å². The van der Waals surface area contributed by atoms with E-state index in [1.165, 1.54) is 5.56 Å². The van der Waals surface area contributed by atoms with Crippen LogP contribution in [-0.4, -0.2) is 15.6 Å².